The van der Waals surface area contributed by atoms with Gasteiger partial charge >= 0.3 is 0 Å². The Labute approximate surface area is 158 Å². The first-order chi connectivity index (χ1) is 12.5. The standard InChI is InChI=1S/C18H15N3O3S2/c1-11-9-13(5-8-16(11)21(23)24)17(22)20-18-19-15(10-26-18)12-3-6-14(25-2)7-4-12/h3-10H,1-2H3,(H,19,20,22). The zero-order valence-electron chi connectivity index (χ0n) is 14.1. The molecule has 0 unspecified atom stereocenters. The lowest BCUT2D eigenvalue weighted by Gasteiger charge is -2.03. The normalized spacial score (nSPS) is 10.5. The molecule has 0 aliphatic rings. The van der Waals surface area contributed by atoms with Gasteiger partial charge in [0.25, 0.3) is 11.6 Å². The van der Waals surface area contributed by atoms with Crippen molar-refractivity contribution in [2.45, 2.75) is 11.8 Å². The highest BCUT2D eigenvalue weighted by atomic mass is 32.2. The van der Waals surface area contributed by atoms with E-state index < -0.39 is 4.92 Å². The van der Waals surface area contributed by atoms with Gasteiger partial charge in [0.15, 0.2) is 5.13 Å². The molecule has 0 fully saturated rings. The van der Waals surface area contributed by atoms with E-state index in [4.69, 9.17) is 0 Å². The number of nitrogens with one attached hydrogen (secondary N) is 1. The maximum atomic E-state index is 12.4. The van der Waals surface area contributed by atoms with E-state index in [9.17, 15) is 14.9 Å². The van der Waals surface area contributed by atoms with E-state index in [-0.39, 0.29) is 11.6 Å². The van der Waals surface area contributed by atoms with Crippen LogP contribution in [0.3, 0.4) is 0 Å². The highest BCUT2D eigenvalue weighted by Gasteiger charge is 2.15. The molecule has 132 valence electrons. The lowest BCUT2D eigenvalue weighted by atomic mass is 10.1. The van der Waals surface area contributed by atoms with Gasteiger partial charge in [0.1, 0.15) is 0 Å². The minimum atomic E-state index is -0.466. The molecule has 0 saturated carbocycles. The number of nitro groups is 1. The van der Waals surface area contributed by atoms with Crippen LogP contribution in [0.15, 0.2) is 52.7 Å². The van der Waals surface area contributed by atoms with E-state index in [0.717, 1.165) is 11.3 Å². The maximum absolute atomic E-state index is 12.4. The highest BCUT2D eigenvalue weighted by molar-refractivity contribution is 7.98. The Morgan fingerprint density at radius 3 is 2.58 bits per heavy atom. The molecule has 0 spiro atoms. The summed E-state index contributed by atoms with van der Waals surface area (Å²) in [4.78, 5) is 28.4. The number of aryl methyl sites for hydroxylation is 1. The first kappa shape index (κ1) is 18.1. The zero-order chi connectivity index (χ0) is 18.7. The Bertz CT molecular complexity index is 968. The van der Waals surface area contributed by atoms with Crippen molar-refractivity contribution >= 4 is 39.8 Å². The molecule has 2 aromatic carbocycles. The minimum absolute atomic E-state index is 0.00762. The second-order valence-corrected chi connectivity index (χ2v) is 7.22. The predicted octanol–water partition coefficient (Wildman–Crippen LogP) is 5.00. The molecule has 6 nitrogen and oxygen atoms in total. The van der Waals surface area contributed by atoms with Gasteiger partial charge in [-0.3, -0.25) is 20.2 Å². The molecule has 0 aliphatic carbocycles. The molecule has 1 heterocycles. The first-order valence-electron chi connectivity index (χ1n) is 7.64. The summed E-state index contributed by atoms with van der Waals surface area (Å²) in [6.45, 7) is 1.61. The van der Waals surface area contributed by atoms with Crippen molar-refractivity contribution in [2.75, 3.05) is 11.6 Å². The van der Waals surface area contributed by atoms with Crippen molar-refractivity contribution in [3.8, 4) is 11.3 Å². The molecule has 0 aliphatic heterocycles. The molecule has 8 heteroatoms. The third-order valence-corrected chi connectivity index (χ3v) is 5.27. The van der Waals surface area contributed by atoms with E-state index in [1.165, 1.54) is 34.4 Å². The number of thiazole rings is 1. The average molecular weight is 385 g/mol. The summed E-state index contributed by atoms with van der Waals surface area (Å²) >= 11 is 3.00. The van der Waals surface area contributed by atoms with Crippen LogP contribution in [0, 0.1) is 17.0 Å². The fourth-order valence-electron chi connectivity index (χ4n) is 2.40. The molecular formula is C18H15N3O3S2. The smallest absolute Gasteiger partial charge is 0.272 e. The number of nitro benzene ring substituents is 1. The number of benzene rings is 2. The zero-order valence-corrected chi connectivity index (χ0v) is 15.7. The fraction of sp³-hybridized carbons (Fsp3) is 0.111. The average Bonchev–Trinajstić information content (AvgIpc) is 3.09. The molecule has 0 atom stereocenters. The number of thioether (sulfide) groups is 1. The molecule has 1 N–H and O–H groups in total. The van der Waals surface area contributed by atoms with Crippen LogP contribution in [-0.2, 0) is 0 Å². The Hall–Kier alpha value is -2.71. The lowest BCUT2D eigenvalue weighted by Crippen LogP contribution is -2.12. The van der Waals surface area contributed by atoms with Crippen LogP contribution in [0.1, 0.15) is 15.9 Å². The second-order valence-electron chi connectivity index (χ2n) is 5.48. The molecule has 1 amide bonds. The monoisotopic (exact) mass is 385 g/mol. The van der Waals surface area contributed by atoms with Crippen molar-refractivity contribution in [3.63, 3.8) is 0 Å². The summed E-state index contributed by atoms with van der Waals surface area (Å²) in [7, 11) is 0. The van der Waals surface area contributed by atoms with Crippen LogP contribution in [0.5, 0.6) is 0 Å². The van der Waals surface area contributed by atoms with Crippen molar-refractivity contribution in [1.29, 1.82) is 0 Å². The molecule has 26 heavy (non-hydrogen) atoms. The van der Waals surface area contributed by atoms with Gasteiger partial charge in [0, 0.05) is 33.0 Å². The topological polar surface area (TPSA) is 85.1 Å². The molecule has 1 aromatic heterocycles. The van der Waals surface area contributed by atoms with Crippen LogP contribution in [0.2, 0.25) is 0 Å². The van der Waals surface area contributed by atoms with E-state index >= 15 is 0 Å². The molecule has 0 saturated heterocycles. The SMILES string of the molecule is CSc1ccc(-c2csc(NC(=O)c3ccc([N+](=O)[O-])c(C)c3)n2)cc1. The largest absolute Gasteiger partial charge is 0.298 e. The van der Waals surface area contributed by atoms with Crippen molar-refractivity contribution in [3.05, 3.63) is 69.1 Å². The highest BCUT2D eigenvalue weighted by Crippen LogP contribution is 2.27. The van der Waals surface area contributed by atoms with Gasteiger partial charge in [0.2, 0.25) is 0 Å². The Morgan fingerprint density at radius 1 is 1.23 bits per heavy atom. The fourth-order valence-corrected chi connectivity index (χ4v) is 3.52. The van der Waals surface area contributed by atoms with Gasteiger partial charge in [-0.15, -0.1) is 23.1 Å². The molecule has 0 radical (unpaired) electrons. The van der Waals surface area contributed by atoms with Crippen LogP contribution >= 0.6 is 23.1 Å². The van der Waals surface area contributed by atoms with E-state index in [0.29, 0.717) is 16.3 Å². The summed E-state index contributed by atoms with van der Waals surface area (Å²) in [5, 5.41) is 16.0. The van der Waals surface area contributed by atoms with E-state index in [2.05, 4.69) is 10.3 Å². The van der Waals surface area contributed by atoms with Crippen molar-refractivity contribution < 1.29 is 9.72 Å². The Balaban J connectivity index is 1.75. The molecule has 3 aromatic rings. The number of rotatable bonds is 5. The van der Waals surface area contributed by atoms with Crippen LogP contribution in [-0.4, -0.2) is 22.1 Å². The van der Waals surface area contributed by atoms with Crippen molar-refractivity contribution in [1.82, 2.24) is 4.98 Å². The third kappa shape index (κ3) is 3.92. The van der Waals surface area contributed by atoms with Crippen LogP contribution in [0.4, 0.5) is 10.8 Å². The molecular weight excluding hydrogens is 370 g/mol. The summed E-state index contributed by atoms with van der Waals surface area (Å²) in [6.07, 6.45) is 2.02. The van der Waals surface area contributed by atoms with Gasteiger partial charge in [-0.05, 0) is 37.4 Å². The van der Waals surface area contributed by atoms with Gasteiger partial charge in [-0.2, -0.15) is 0 Å². The van der Waals surface area contributed by atoms with Crippen LogP contribution < -0.4 is 5.32 Å². The Morgan fingerprint density at radius 2 is 1.96 bits per heavy atom. The number of carbonyl (C=O) groups is 1. The molecule has 0 bridgehead atoms. The minimum Gasteiger partial charge on any atom is -0.298 e. The quantitative estimate of drug-likeness (QED) is 0.379. The first-order valence-corrected chi connectivity index (χ1v) is 9.74. The Kier molecular flexibility index (Phi) is 5.34. The van der Waals surface area contributed by atoms with Gasteiger partial charge in [-0.25, -0.2) is 4.98 Å². The van der Waals surface area contributed by atoms with Gasteiger partial charge < -0.3 is 0 Å². The number of anilines is 1. The number of hydrogen-bond acceptors (Lipinski definition) is 6. The number of nitrogens with zero attached hydrogens (tertiary/aromatic N) is 2. The summed E-state index contributed by atoms with van der Waals surface area (Å²) in [5.41, 5.74) is 2.56. The van der Waals surface area contributed by atoms with E-state index in [1.807, 2.05) is 35.9 Å². The predicted molar refractivity (Wildman–Crippen MR) is 105 cm³/mol. The number of hydrogen-bond donors (Lipinski definition) is 1. The summed E-state index contributed by atoms with van der Waals surface area (Å²) in [6, 6.07) is 12.3. The number of aromatic nitrogens is 1. The number of carbonyl (C=O) groups excluding carboxylic acids is 1. The van der Waals surface area contributed by atoms with Crippen LogP contribution in [0.25, 0.3) is 11.3 Å². The summed E-state index contributed by atoms with van der Waals surface area (Å²) in [5.74, 6) is -0.346. The van der Waals surface area contributed by atoms with E-state index in [1.54, 1.807) is 18.7 Å². The van der Waals surface area contributed by atoms with Crippen molar-refractivity contribution in [2.24, 2.45) is 0 Å². The molecule has 3 rings (SSSR count). The van der Waals surface area contributed by atoms with Gasteiger partial charge in [0.05, 0.1) is 10.6 Å². The number of amides is 1. The third-order valence-electron chi connectivity index (χ3n) is 3.77. The lowest BCUT2D eigenvalue weighted by molar-refractivity contribution is -0.385. The second kappa shape index (κ2) is 7.67. The summed E-state index contributed by atoms with van der Waals surface area (Å²) < 4.78 is 0. The van der Waals surface area contributed by atoms with Gasteiger partial charge in [-0.1, -0.05) is 12.1 Å². The maximum Gasteiger partial charge on any atom is 0.272 e.